The number of aliphatic carboxylic acids is 1. The van der Waals surface area contributed by atoms with Crippen molar-refractivity contribution in [2.45, 2.75) is 31.9 Å². The summed E-state index contributed by atoms with van der Waals surface area (Å²) in [5.41, 5.74) is 0.524. The zero-order chi connectivity index (χ0) is 13.5. The normalized spacial score (nSPS) is 13.7. The predicted octanol–water partition coefficient (Wildman–Crippen LogP) is 1.09. The second kappa shape index (κ2) is 6.76. The maximum Gasteiger partial charge on any atom is 0.330 e. The zero-order valence-electron chi connectivity index (χ0n) is 10.2. The van der Waals surface area contributed by atoms with Gasteiger partial charge < -0.3 is 15.5 Å². The molecule has 0 saturated heterocycles. The largest absolute Gasteiger partial charge is 0.479 e. The van der Waals surface area contributed by atoms with E-state index in [4.69, 9.17) is 10.2 Å². The Hall–Kier alpha value is -1.88. The molecule has 0 aromatic heterocycles. The van der Waals surface area contributed by atoms with Gasteiger partial charge in [-0.1, -0.05) is 30.3 Å². The maximum atomic E-state index is 11.6. The lowest BCUT2D eigenvalue weighted by molar-refractivity contribution is -0.142. The fourth-order valence-corrected chi connectivity index (χ4v) is 1.51. The second-order valence-corrected chi connectivity index (χ2v) is 4.14. The highest BCUT2D eigenvalue weighted by Gasteiger charge is 2.21. The van der Waals surface area contributed by atoms with E-state index in [0.29, 0.717) is 12.0 Å². The second-order valence-electron chi connectivity index (χ2n) is 4.14. The molecule has 0 aliphatic carbocycles. The molecule has 5 heteroatoms. The Morgan fingerprint density at radius 2 is 1.89 bits per heavy atom. The van der Waals surface area contributed by atoms with Crippen LogP contribution in [0.3, 0.4) is 0 Å². The summed E-state index contributed by atoms with van der Waals surface area (Å²) in [4.78, 5) is 22.7. The first-order valence-electron chi connectivity index (χ1n) is 5.76. The summed E-state index contributed by atoms with van der Waals surface area (Å²) >= 11 is 0. The number of nitrogens with one attached hydrogen (secondary N) is 1. The first kappa shape index (κ1) is 14.2. The molecule has 18 heavy (non-hydrogen) atoms. The molecule has 0 bridgehead atoms. The Morgan fingerprint density at radius 3 is 2.39 bits per heavy atom. The number of carboxylic acid groups (broad SMARTS) is 1. The van der Waals surface area contributed by atoms with Crippen LogP contribution in [0.25, 0.3) is 0 Å². The molecule has 2 atom stereocenters. The number of hydrogen-bond acceptors (Lipinski definition) is 3. The molecule has 5 nitrogen and oxygen atoms in total. The summed E-state index contributed by atoms with van der Waals surface area (Å²) in [6.07, 6.45) is -0.155. The van der Waals surface area contributed by atoms with Gasteiger partial charge in [-0.05, 0) is 18.9 Å². The van der Waals surface area contributed by atoms with Gasteiger partial charge in [0, 0.05) is 6.42 Å². The third-order valence-electron chi connectivity index (χ3n) is 2.47. The average molecular weight is 251 g/mol. The van der Waals surface area contributed by atoms with E-state index in [1.54, 1.807) is 37.3 Å². The minimum Gasteiger partial charge on any atom is -0.479 e. The van der Waals surface area contributed by atoms with E-state index in [9.17, 15) is 9.59 Å². The van der Waals surface area contributed by atoms with E-state index in [-0.39, 0.29) is 12.3 Å². The Kier molecular flexibility index (Phi) is 5.32. The zero-order valence-corrected chi connectivity index (χ0v) is 10.2. The number of carbonyl (C=O) groups is 2. The Bertz CT molecular complexity index is 403. The SMILES string of the molecule is CC(O)CCC(=O)NC(C(=O)O)c1ccccc1. The van der Waals surface area contributed by atoms with Crippen molar-refractivity contribution >= 4 is 11.9 Å². The lowest BCUT2D eigenvalue weighted by Crippen LogP contribution is -2.33. The highest BCUT2D eigenvalue weighted by molar-refractivity contribution is 5.84. The van der Waals surface area contributed by atoms with Crippen molar-refractivity contribution in [2.75, 3.05) is 0 Å². The monoisotopic (exact) mass is 251 g/mol. The summed E-state index contributed by atoms with van der Waals surface area (Å²) < 4.78 is 0. The van der Waals surface area contributed by atoms with E-state index >= 15 is 0 Å². The first-order valence-corrected chi connectivity index (χ1v) is 5.76. The van der Waals surface area contributed by atoms with Crippen LogP contribution in [0, 0.1) is 0 Å². The van der Waals surface area contributed by atoms with Gasteiger partial charge in [-0.15, -0.1) is 0 Å². The van der Waals surface area contributed by atoms with E-state index in [1.165, 1.54) is 0 Å². The standard InChI is InChI=1S/C13H17NO4/c1-9(15)7-8-11(16)14-12(13(17)18)10-5-3-2-4-6-10/h2-6,9,12,15H,7-8H2,1H3,(H,14,16)(H,17,18). The van der Waals surface area contributed by atoms with Gasteiger partial charge in [0.15, 0.2) is 6.04 Å². The molecule has 0 heterocycles. The van der Waals surface area contributed by atoms with Crippen molar-refractivity contribution in [3.63, 3.8) is 0 Å². The summed E-state index contributed by atoms with van der Waals surface area (Å²) in [6.45, 7) is 1.58. The number of carbonyl (C=O) groups excluding carboxylic acids is 1. The molecule has 1 aromatic rings. The topological polar surface area (TPSA) is 86.6 Å². The highest BCUT2D eigenvalue weighted by atomic mass is 16.4. The average Bonchev–Trinajstić information content (AvgIpc) is 2.34. The lowest BCUT2D eigenvalue weighted by atomic mass is 10.1. The van der Waals surface area contributed by atoms with Crippen LogP contribution in [0.15, 0.2) is 30.3 Å². The van der Waals surface area contributed by atoms with Crippen LogP contribution in [0.1, 0.15) is 31.4 Å². The smallest absolute Gasteiger partial charge is 0.330 e. The van der Waals surface area contributed by atoms with E-state index < -0.39 is 18.1 Å². The molecule has 2 unspecified atom stereocenters. The minimum atomic E-state index is -1.11. The number of carboxylic acids is 1. The molecule has 98 valence electrons. The molecule has 1 rings (SSSR count). The molecule has 0 saturated carbocycles. The number of hydrogen-bond donors (Lipinski definition) is 3. The van der Waals surface area contributed by atoms with Crippen LogP contribution in [0.4, 0.5) is 0 Å². The van der Waals surface area contributed by atoms with Crippen molar-refractivity contribution in [1.29, 1.82) is 0 Å². The van der Waals surface area contributed by atoms with Crippen molar-refractivity contribution in [3.8, 4) is 0 Å². The molecule has 0 radical (unpaired) electrons. The van der Waals surface area contributed by atoms with Crippen molar-refractivity contribution in [1.82, 2.24) is 5.32 Å². The highest BCUT2D eigenvalue weighted by Crippen LogP contribution is 2.13. The number of rotatable bonds is 6. The predicted molar refractivity (Wildman–Crippen MR) is 65.9 cm³/mol. The summed E-state index contributed by atoms with van der Waals surface area (Å²) in [5.74, 6) is -1.49. The van der Waals surface area contributed by atoms with Crippen molar-refractivity contribution in [3.05, 3.63) is 35.9 Å². The third-order valence-corrected chi connectivity index (χ3v) is 2.47. The fourth-order valence-electron chi connectivity index (χ4n) is 1.51. The van der Waals surface area contributed by atoms with Crippen LogP contribution >= 0.6 is 0 Å². The molecule has 0 spiro atoms. The minimum absolute atomic E-state index is 0.105. The van der Waals surface area contributed by atoms with Crippen LogP contribution in [0.5, 0.6) is 0 Å². The number of aliphatic hydroxyl groups excluding tert-OH is 1. The van der Waals surface area contributed by atoms with E-state index in [0.717, 1.165) is 0 Å². The van der Waals surface area contributed by atoms with Crippen molar-refractivity contribution < 1.29 is 19.8 Å². The van der Waals surface area contributed by atoms with Crippen LogP contribution < -0.4 is 5.32 Å². The Morgan fingerprint density at radius 1 is 1.28 bits per heavy atom. The Labute approximate surface area is 105 Å². The number of aliphatic hydroxyl groups is 1. The van der Waals surface area contributed by atoms with Gasteiger partial charge in [-0.3, -0.25) is 4.79 Å². The summed E-state index contributed by atoms with van der Waals surface area (Å²) in [5, 5.41) is 20.6. The van der Waals surface area contributed by atoms with Gasteiger partial charge in [0.1, 0.15) is 0 Å². The van der Waals surface area contributed by atoms with Gasteiger partial charge in [0.2, 0.25) is 5.91 Å². The Balaban J connectivity index is 2.65. The van der Waals surface area contributed by atoms with Gasteiger partial charge in [0.05, 0.1) is 6.10 Å². The number of amides is 1. The first-order chi connectivity index (χ1) is 8.50. The van der Waals surface area contributed by atoms with Crippen molar-refractivity contribution in [2.24, 2.45) is 0 Å². The molecule has 1 aromatic carbocycles. The van der Waals surface area contributed by atoms with Gasteiger partial charge in [-0.2, -0.15) is 0 Å². The van der Waals surface area contributed by atoms with Gasteiger partial charge in [-0.25, -0.2) is 4.79 Å². The van der Waals surface area contributed by atoms with Crippen LogP contribution in [-0.2, 0) is 9.59 Å². The lowest BCUT2D eigenvalue weighted by Gasteiger charge is -2.15. The molecule has 0 aliphatic rings. The molecular formula is C13H17NO4. The molecule has 1 amide bonds. The molecule has 3 N–H and O–H groups in total. The molecular weight excluding hydrogens is 234 g/mol. The fraction of sp³-hybridized carbons (Fsp3) is 0.385. The van der Waals surface area contributed by atoms with Crippen LogP contribution in [-0.4, -0.2) is 28.2 Å². The van der Waals surface area contributed by atoms with Crippen LogP contribution in [0.2, 0.25) is 0 Å². The maximum absolute atomic E-state index is 11.6. The van der Waals surface area contributed by atoms with Gasteiger partial charge >= 0.3 is 5.97 Å². The number of benzene rings is 1. The van der Waals surface area contributed by atoms with Gasteiger partial charge in [0.25, 0.3) is 0 Å². The van der Waals surface area contributed by atoms with E-state index in [1.807, 2.05) is 0 Å². The third kappa shape index (κ3) is 4.55. The summed E-state index contributed by atoms with van der Waals surface area (Å²) in [7, 11) is 0. The molecule has 0 aliphatic heterocycles. The summed E-state index contributed by atoms with van der Waals surface area (Å²) in [6, 6.07) is 7.45. The van der Waals surface area contributed by atoms with E-state index in [2.05, 4.69) is 5.32 Å². The molecule has 0 fully saturated rings. The quantitative estimate of drug-likeness (QED) is 0.706.